The van der Waals surface area contributed by atoms with Crippen molar-refractivity contribution >= 4 is 22.0 Å². The summed E-state index contributed by atoms with van der Waals surface area (Å²) in [6, 6.07) is 7.98. The highest BCUT2D eigenvalue weighted by Gasteiger charge is 2.23. The van der Waals surface area contributed by atoms with E-state index >= 15 is 0 Å². The Kier molecular flexibility index (Phi) is 5.67. The predicted molar refractivity (Wildman–Crippen MR) is 80.0 cm³/mol. The first-order valence-electron chi connectivity index (χ1n) is 6.62. The third-order valence-electron chi connectivity index (χ3n) is 3.25. The van der Waals surface area contributed by atoms with Crippen LogP contribution in [0.5, 0.6) is 5.75 Å². The second kappa shape index (κ2) is 7.50. The lowest BCUT2D eigenvalue weighted by atomic mass is 10.3. The van der Waals surface area contributed by atoms with E-state index in [0.29, 0.717) is 6.61 Å². The second-order valence-electron chi connectivity index (χ2n) is 4.73. The van der Waals surface area contributed by atoms with Crippen molar-refractivity contribution in [3.63, 3.8) is 0 Å². The number of methoxy groups -OCH3 is 1. The molecule has 1 N–H and O–H groups in total. The van der Waals surface area contributed by atoms with Gasteiger partial charge in [0.05, 0.1) is 7.11 Å². The maximum absolute atomic E-state index is 11.1. The summed E-state index contributed by atoms with van der Waals surface area (Å²) < 4.78 is 11.3. The van der Waals surface area contributed by atoms with Gasteiger partial charge < -0.3 is 14.8 Å². The summed E-state index contributed by atoms with van der Waals surface area (Å²) in [5, 5.41) is 2.82. The van der Waals surface area contributed by atoms with E-state index in [9.17, 15) is 4.79 Å². The van der Waals surface area contributed by atoms with Crippen molar-refractivity contribution in [1.82, 2.24) is 10.2 Å². The van der Waals surface area contributed by atoms with Gasteiger partial charge in [-0.15, -0.1) is 0 Å². The third-order valence-corrected chi connectivity index (χ3v) is 3.75. The smallest absolute Gasteiger partial charge is 0.407 e. The molecule has 1 aromatic carbocycles. The fourth-order valence-corrected chi connectivity index (χ4v) is 2.61. The molecule has 6 heteroatoms. The largest absolute Gasteiger partial charge is 0.492 e. The molecule has 1 aliphatic heterocycles. The summed E-state index contributed by atoms with van der Waals surface area (Å²) in [7, 11) is 1.38. The maximum Gasteiger partial charge on any atom is 0.407 e. The van der Waals surface area contributed by atoms with Crippen LogP contribution in [0.2, 0.25) is 0 Å². The Hall–Kier alpha value is -1.27. The molecule has 1 heterocycles. The van der Waals surface area contributed by atoms with Crippen LogP contribution in [0, 0.1) is 0 Å². The number of nitrogens with one attached hydrogen (secondary N) is 1. The van der Waals surface area contributed by atoms with Gasteiger partial charge in [-0.3, -0.25) is 4.90 Å². The fraction of sp³-hybridized carbons (Fsp3) is 0.500. The number of halogens is 1. The summed E-state index contributed by atoms with van der Waals surface area (Å²) in [6.45, 7) is 3.31. The van der Waals surface area contributed by atoms with Gasteiger partial charge in [-0.05, 0) is 24.6 Å². The van der Waals surface area contributed by atoms with Crippen LogP contribution < -0.4 is 10.1 Å². The highest BCUT2D eigenvalue weighted by molar-refractivity contribution is 9.10. The Balaban J connectivity index is 1.67. The molecule has 110 valence electrons. The molecule has 1 fully saturated rings. The molecule has 0 radical (unpaired) electrons. The average Bonchev–Trinajstić information content (AvgIpc) is 2.86. The van der Waals surface area contributed by atoms with Crippen molar-refractivity contribution in [3.8, 4) is 5.75 Å². The highest BCUT2D eigenvalue weighted by atomic mass is 79.9. The van der Waals surface area contributed by atoms with Crippen LogP contribution >= 0.6 is 15.9 Å². The van der Waals surface area contributed by atoms with Crippen LogP contribution in [0.25, 0.3) is 0 Å². The summed E-state index contributed by atoms with van der Waals surface area (Å²) in [4.78, 5) is 13.4. The number of nitrogens with zero attached hydrogens (tertiary/aromatic N) is 1. The number of likely N-dealkylation sites (tertiary alicyclic amines) is 1. The number of ether oxygens (including phenoxy) is 2. The van der Waals surface area contributed by atoms with E-state index in [0.717, 1.165) is 36.3 Å². The Labute approximate surface area is 127 Å². The molecule has 2 rings (SSSR count). The van der Waals surface area contributed by atoms with Gasteiger partial charge in [0.2, 0.25) is 0 Å². The number of benzene rings is 1. The quantitative estimate of drug-likeness (QED) is 0.891. The Morgan fingerprint density at radius 2 is 2.40 bits per heavy atom. The van der Waals surface area contributed by atoms with Gasteiger partial charge in [0.25, 0.3) is 0 Å². The predicted octanol–water partition coefficient (Wildman–Crippen LogP) is 2.26. The van der Waals surface area contributed by atoms with E-state index in [4.69, 9.17) is 4.74 Å². The molecule has 1 saturated heterocycles. The first-order chi connectivity index (χ1) is 9.67. The molecule has 0 bridgehead atoms. The molecule has 20 heavy (non-hydrogen) atoms. The average molecular weight is 343 g/mol. The van der Waals surface area contributed by atoms with Crippen LogP contribution in [0.1, 0.15) is 6.42 Å². The summed E-state index contributed by atoms with van der Waals surface area (Å²) >= 11 is 3.42. The van der Waals surface area contributed by atoms with Crippen molar-refractivity contribution in [2.45, 2.75) is 12.5 Å². The molecule has 0 saturated carbocycles. The summed E-state index contributed by atoms with van der Waals surface area (Å²) in [5.41, 5.74) is 0. The zero-order valence-electron chi connectivity index (χ0n) is 11.5. The second-order valence-corrected chi connectivity index (χ2v) is 5.64. The van der Waals surface area contributed by atoms with E-state index in [-0.39, 0.29) is 12.1 Å². The van der Waals surface area contributed by atoms with Gasteiger partial charge in [0.1, 0.15) is 12.4 Å². The minimum Gasteiger partial charge on any atom is -0.492 e. The van der Waals surface area contributed by atoms with Gasteiger partial charge >= 0.3 is 6.09 Å². The minimum absolute atomic E-state index is 0.174. The molecule has 0 aliphatic carbocycles. The molecule has 0 spiro atoms. The Bertz CT molecular complexity index is 456. The van der Waals surface area contributed by atoms with Gasteiger partial charge in [-0.1, -0.05) is 22.0 Å². The maximum atomic E-state index is 11.1. The van der Waals surface area contributed by atoms with Crippen LogP contribution in [0.4, 0.5) is 4.79 Å². The monoisotopic (exact) mass is 342 g/mol. The number of carbonyl (C=O) groups is 1. The lowest BCUT2D eigenvalue weighted by molar-refractivity contribution is 0.166. The van der Waals surface area contributed by atoms with Crippen LogP contribution in [-0.4, -0.2) is 50.4 Å². The van der Waals surface area contributed by atoms with E-state index < -0.39 is 0 Å². The zero-order valence-corrected chi connectivity index (χ0v) is 13.1. The molecule has 5 nitrogen and oxygen atoms in total. The first-order valence-corrected chi connectivity index (χ1v) is 7.42. The molecule has 0 aromatic heterocycles. The SMILES string of the molecule is COC(=O)NC1CCN(CCOc2cccc(Br)c2)C1. The normalized spacial score (nSPS) is 18.8. The molecule has 1 aromatic rings. The fourth-order valence-electron chi connectivity index (χ4n) is 2.23. The summed E-state index contributed by atoms with van der Waals surface area (Å²) in [6.07, 6.45) is 0.591. The summed E-state index contributed by atoms with van der Waals surface area (Å²) in [5.74, 6) is 0.864. The van der Waals surface area contributed by atoms with Gasteiger partial charge in [-0.25, -0.2) is 4.79 Å². The van der Waals surface area contributed by atoms with Gasteiger partial charge in [0, 0.05) is 30.1 Å². The van der Waals surface area contributed by atoms with Gasteiger partial charge in [0.15, 0.2) is 0 Å². The van der Waals surface area contributed by atoms with Crippen LogP contribution in [0.3, 0.4) is 0 Å². The van der Waals surface area contributed by atoms with Crippen LogP contribution in [-0.2, 0) is 4.74 Å². The van der Waals surface area contributed by atoms with Crippen molar-refractivity contribution in [2.75, 3.05) is 33.4 Å². The van der Waals surface area contributed by atoms with Crippen molar-refractivity contribution in [1.29, 1.82) is 0 Å². The van der Waals surface area contributed by atoms with E-state index in [1.165, 1.54) is 7.11 Å². The Morgan fingerprint density at radius 3 is 3.15 bits per heavy atom. The molecule has 1 unspecified atom stereocenters. The number of alkyl carbamates (subject to hydrolysis) is 1. The molecule has 1 aliphatic rings. The number of hydrogen-bond acceptors (Lipinski definition) is 4. The lowest BCUT2D eigenvalue weighted by Gasteiger charge is -2.16. The number of amides is 1. The van der Waals surface area contributed by atoms with Crippen molar-refractivity contribution < 1.29 is 14.3 Å². The molecular weight excluding hydrogens is 324 g/mol. The third kappa shape index (κ3) is 4.68. The van der Waals surface area contributed by atoms with Crippen molar-refractivity contribution in [3.05, 3.63) is 28.7 Å². The minimum atomic E-state index is -0.359. The first kappa shape index (κ1) is 15.1. The van der Waals surface area contributed by atoms with E-state index in [1.54, 1.807) is 0 Å². The van der Waals surface area contributed by atoms with E-state index in [2.05, 4.69) is 30.9 Å². The zero-order chi connectivity index (χ0) is 14.4. The van der Waals surface area contributed by atoms with E-state index in [1.807, 2.05) is 24.3 Å². The standard InChI is InChI=1S/C14H19BrN2O3/c1-19-14(18)16-12-5-6-17(10-12)7-8-20-13-4-2-3-11(15)9-13/h2-4,9,12H,5-8,10H2,1H3,(H,16,18). The molecule has 1 amide bonds. The number of rotatable bonds is 5. The highest BCUT2D eigenvalue weighted by Crippen LogP contribution is 2.17. The Morgan fingerprint density at radius 1 is 1.55 bits per heavy atom. The lowest BCUT2D eigenvalue weighted by Crippen LogP contribution is -2.37. The molecule has 1 atom stereocenters. The van der Waals surface area contributed by atoms with Crippen LogP contribution in [0.15, 0.2) is 28.7 Å². The number of carbonyl (C=O) groups excluding carboxylic acids is 1. The van der Waals surface area contributed by atoms with Crippen molar-refractivity contribution in [2.24, 2.45) is 0 Å². The molecular formula is C14H19BrN2O3. The topological polar surface area (TPSA) is 50.8 Å². The number of hydrogen-bond donors (Lipinski definition) is 1. The van der Waals surface area contributed by atoms with Gasteiger partial charge in [-0.2, -0.15) is 0 Å².